The molecule has 1 atom stereocenters. The second kappa shape index (κ2) is 8.48. The highest BCUT2D eigenvalue weighted by Gasteiger charge is 2.32. The van der Waals surface area contributed by atoms with Crippen LogP contribution in [-0.4, -0.2) is 66.3 Å². The van der Waals surface area contributed by atoms with E-state index in [0.717, 1.165) is 6.07 Å². The molecule has 26 heavy (non-hydrogen) atoms. The first-order valence-electron chi connectivity index (χ1n) is 7.99. The van der Waals surface area contributed by atoms with E-state index < -0.39 is 28.6 Å². The Morgan fingerprint density at radius 3 is 2.73 bits per heavy atom. The van der Waals surface area contributed by atoms with E-state index in [1.165, 1.54) is 18.1 Å². The topological polar surface area (TPSA) is 128 Å². The molecule has 1 aliphatic rings. The lowest BCUT2D eigenvalue weighted by molar-refractivity contribution is -0.385. The molecule has 0 radical (unpaired) electrons. The number of aliphatic carboxylic acids is 1. The largest absolute Gasteiger partial charge is 0.493 e. The Morgan fingerprint density at radius 2 is 2.15 bits per heavy atom. The monoisotopic (exact) mass is 368 g/mol. The summed E-state index contributed by atoms with van der Waals surface area (Å²) in [6, 6.07) is 2.43. The van der Waals surface area contributed by atoms with Crippen molar-refractivity contribution < 1.29 is 33.8 Å². The van der Waals surface area contributed by atoms with Gasteiger partial charge in [-0.05, 0) is 6.92 Å². The third-order valence-electron chi connectivity index (χ3n) is 3.84. The van der Waals surface area contributed by atoms with Gasteiger partial charge in [0.05, 0.1) is 43.8 Å². The molecule has 0 aliphatic carbocycles. The Morgan fingerprint density at radius 1 is 1.42 bits per heavy atom. The van der Waals surface area contributed by atoms with Gasteiger partial charge in [0.25, 0.3) is 11.6 Å². The van der Waals surface area contributed by atoms with Crippen LogP contribution in [0.4, 0.5) is 5.69 Å². The molecule has 1 unspecified atom stereocenters. The van der Waals surface area contributed by atoms with E-state index in [0.29, 0.717) is 0 Å². The molecule has 0 spiro atoms. The molecule has 0 bridgehead atoms. The number of benzene rings is 1. The number of nitrogens with zero attached hydrogens (tertiary/aromatic N) is 2. The molecule has 1 saturated heterocycles. The summed E-state index contributed by atoms with van der Waals surface area (Å²) in [4.78, 5) is 35.7. The van der Waals surface area contributed by atoms with Gasteiger partial charge in [0.2, 0.25) is 0 Å². The quantitative estimate of drug-likeness (QED) is 0.563. The summed E-state index contributed by atoms with van der Waals surface area (Å²) in [5.74, 6) is -1.25. The van der Waals surface area contributed by atoms with E-state index in [1.807, 2.05) is 0 Å². The van der Waals surface area contributed by atoms with E-state index >= 15 is 0 Å². The average Bonchev–Trinajstić information content (AvgIpc) is 2.60. The normalized spacial score (nSPS) is 16.8. The second-order valence-electron chi connectivity index (χ2n) is 5.55. The molecular weight excluding hydrogens is 348 g/mol. The zero-order valence-electron chi connectivity index (χ0n) is 14.5. The summed E-state index contributed by atoms with van der Waals surface area (Å²) >= 11 is 0. The summed E-state index contributed by atoms with van der Waals surface area (Å²) in [6.07, 6.45) is -0.910. The van der Waals surface area contributed by atoms with E-state index in [1.54, 1.807) is 6.92 Å². The van der Waals surface area contributed by atoms with Crippen LogP contribution in [0.15, 0.2) is 12.1 Å². The molecular formula is C16H20N2O8. The number of ether oxygens (including phenoxy) is 3. The predicted octanol–water partition coefficient (Wildman–Crippen LogP) is 1.32. The van der Waals surface area contributed by atoms with E-state index in [9.17, 15) is 19.7 Å². The van der Waals surface area contributed by atoms with Gasteiger partial charge in [-0.2, -0.15) is 0 Å². The summed E-state index contributed by atoms with van der Waals surface area (Å²) in [7, 11) is 1.37. The van der Waals surface area contributed by atoms with Crippen LogP contribution in [0.3, 0.4) is 0 Å². The number of hydrogen-bond acceptors (Lipinski definition) is 7. The number of carbonyl (C=O) groups excluding carboxylic acids is 1. The molecule has 2 rings (SSSR count). The van der Waals surface area contributed by atoms with Crippen LogP contribution >= 0.6 is 0 Å². The van der Waals surface area contributed by atoms with Crippen molar-refractivity contribution in [3.05, 3.63) is 27.8 Å². The Labute approximate surface area is 149 Å². The number of rotatable bonds is 7. The van der Waals surface area contributed by atoms with Crippen molar-refractivity contribution in [1.82, 2.24) is 4.90 Å². The number of methoxy groups -OCH3 is 1. The minimum atomic E-state index is -1.04. The Bertz CT molecular complexity index is 706. The lowest BCUT2D eigenvalue weighted by atomic mass is 10.1. The van der Waals surface area contributed by atoms with Gasteiger partial charge in [0, 0.05) is 19.2 Å². The van der Waals surface area contributed by atoms with Crippen molar-refractivity contribution >= 4 is 17.6 Å². The van der Waals surface area contributed by atoms with E-state index in [2.05, 4.69) is 0 Å². The summed E-state index contributed by atoms with van der Waals surface area (Å²) in [6.45, 7) is 2.41. The molecule has 1 fully saturated rings. The highest BCUT2D eigenvalue weighted by molar-refractivity contribution is 5.99. The van der Waals surface area contributed by atoms with Crippen LogP contribution in [0.25, 0.3) is 0 Å². The van der Waals surface area contributed by atoms with Gasteiger partial charge in [0.15, 0.2) is 11.5 Å². The average molecular weight is 368 g/mol. The zero-order chi connectivity index (χ0) is 19.3. The molecule has 1 N–H and O–H groups in total. The van der Waals surface area contributed by atoms with Crippen molar-refractivity contribution in [3.8, 4) is 11.5 Å². The summed E-state index contributed by atoms with van der Waals surface area (Å²) < 4.78 is 15.8. The number of morpholine rings is 1. The number of amides is 1. The van der Waals surface area contributed by atoms with Crippen molar-refractivity contribution in [3.63, 3.8) is 0 Å². The van der Waals surface area contributed by atoms with Crippen molar-refractivity contribution in [2.75, 3.05) is 33.4 Å². The molecule has 1 aromatic rings. The molecule has 1 heterocycles. The lowest BCUT2D eigenvalue weighted by Crippen LogP contribution is -2.46. The fourth-order valence-electron chi connectivity index (χ4n) is 2.69. The number of carboxylic acids is 1. The molecule has 142 valence electrons. The van der Waals surface area contributed by atoms with Gasteiger partial charge in [-0.15, -0.1) is 0 Å². The van der Waals surface area contributed by atoms with Crippen LogP contribution in [0.5, 0.6) is 11.5 Å². The molecule has 10 nitrogen and oxygen atoms in total. The van der Waals surface area contributed by atoms with Gasteiger partial charge < -0.3 is 24.2 Å². The third-order valence-corrected chi connectivity index (χ3v) is 3.84. The van der Waals surface area contributed by atoms with E-state index in [-0.39, 0.29) is 49.8 Å². The van der Waals surface area contributed by atoms with E-state index in [4.69, 9.17) is 19.3 Å². The van der Waals surface area contributed by atoms with Crippen LogP contribution in [-0.2, 0) is 9.53 Å². The van der Waals surface area contributed by atoms with Gasteiger partial charge in [-0.1, -0.05) is 0 Å². The fraction of sp³-hybridized carbons (Fsp3) is 0.500. The molecule has 10 heteroatoms. The lowest BCUT2D eigenvalue weighted by Gasteiger charge is -2.32. The van der Waals surface area contributed by atoms with Crippen LogP contribution < -0.4 is 9.47 Å². The van der Waals surface area contributed by atoms with Crippen molar-refractivity contribution in [1.29, 1.82) is 0 Å². The zero-order valence-corrected chi connectivity index (χ0v) is 14.5. The fourth-order valence-corrected chi connectivity index (χ4v) is 2.69. The minimum absolute atomic E-state index is 0.0395. The minimum Gasteiger partial charge on any atom is -0.493 e. The summed E-state index contributed by atoms with van der Waals surface area (Å²) in [5, 5.41) is 20.3. The van der Waals surface area contributed by atoms with Crippen LogP contribution in [0, 0.1) is 10.1 Å². The Kier molecular flexibility index (Phi) is 6.34. The molecule has 0 aromatic heterocycles. The van der Waals surface area contributed by atoms with Crippen molar-refractivity contribution in [2.45, 2.75) is 19.4 Å². The van der Waals surface area contributed by atoms with Crippen LogP contribution in [0.1, 0.15) is 23.7 Å². The molecule has 1 aromatic carbocycles. The number of nitro benzene ring substituents is 1. The smallest absolute Gasteiger partial charge is 0.306 e. The number of hydrogen-bond donors (Lipinski definition) is 1. The highest BCUT2D eigenvalue weighted by atomic mass is 16.6. The van der Waals surface area contributed by atoms with Gasteiger partial charge in [0.1, 0.15) is 5.56 Å². The third kappa shape index (κ3) is 4.39. The maximum atomic E-state index is 12.8. The number of nitro groups is 1. The van der Waals surface area contributed by atoms with Gasteiger partial charge in [-0.25, -0.2) is 0 Å². The number of carbonyl (C=O) groups is 2. The van der Waals surface area contributed by atoms with Gasteiger partial charge in [-0.3, -0.25) is 19.7 Å². The van der Waals surface area contributed by atoms with Crippen LogP contribution in [0.2, 0.25) is 0 Å². The maximum absolute atomic E-state index is 12.8. The number of carboxylic acid groups (broad SMARTS) is 1. The molecule has 1 aliphatic heterocycles. The first-order valence-corrected chi connectivity index (χ1v) is 7.99. The Hall–Kier alpha value is -2.88. The second-order valence-corrected chi connectivity index (χ2v) is 5.55. The maximum Gasteiger partial charge on any atom is 0.306 e. The predicted molar refractivity (Wildman–Crippen MR) is 88.7 cm³/mol. The molecule has 1 amide bonds. The summed E-state index contributed by atoms with van der Waals surface area (Å²) in [5.41, 5.74) is -0.549. The first kappa shape index (κ1) is 19.4. The van der Waals surface area contributed by atoms with Crippen molar-refractivity contribution in [2.24, 2.45) is 0 Å². The Balaban J connectivity index is 2.34. The SMILES string of the molecule is CCOc1cc([N+](=O)[O-])c(C(=O)N2CCOC(CC(=O)O)C2)cc1OC. The standard InChI is InChI=1S/C16H20N2O8/c1-3-25-14-8-12(18(22)23)11(7-13(14)24-2)16(21)17-4-5-26-10(9-17)6-15(19)20/h7-8,10H,3-6,9H2,1-2H3,(H,19,20). The molecule has 0 saturated carbocycles. The van der Waals surface area contributed by atoms with Gasteiger partial charge >= 0.3 is 5.97 Å². The highest BCUT2D eigenvalue weighted by Crippen LogP contribution is 2.35. The first-order chi connectivity index (χ1) is 12.4.